The number of fused-ring (bicyclic) bond motifs is 1. The van der Waals surface area contributed by atoms with Crippen molar-refractivity contribution in [2.75, 3.05) is 16.8 Å². The van der Waals surface area contributed by atoms with E-state index < -0.39 is 0 Å². The van der Waals surface area contributed by atoms with Gasteiger partial charge in [0.05, 0.1) is 16.4 Å². The molecule has 0 radical (unpaired) electrons. The van der Waals surface area contributed by atoms with Crippen molar-refractivity contribution < 1.29 is 9.59 Å². The van der Waals surface area contributed by atoms with E-state index in [1.807, 2.05) is 47.1 Å². The highest BCUT2D eigenvalue weighted by molar-refractivity contribution is 7.98. The van der Waals surface area contributed by atoms with E-state index in [1.165, 1.54) is 0 Å². The van der Waals surface area contributed by atoms with Crippen molar-refractivity contribution >= 4 is 52.2 Å². The topological polar surface area (TPSA) is 66.7 Å². The summed E-state index contributed by atoms with van der Waals surface area (Å²) in [5.41, 5.74) is 3.76. The third-order valence-corrected chi connectivity index (χ3v) is 6.84. The fourth-order valence-corrected chi connectivity index (χ4v) is 4.89. The Morgan fingerprint density at radius 3 is 2.70 bits per heavy atom. The maximum atomic E-state index is 12.7. The first-order chi connectivity index (χ1) is 16.1. The zero-order valence-electron chi connectivity index (χ0n) is 17.7. The molecule has 0 saturated carbocycles. The Morgan fingerprint density at radius 2 is 1.97 bits per heavy atom. The summed E-state index contributed by atoms with van der Waals surface area (Å²) < 4.78 is 2.01. The number of benzene rings is 2. The van der Waals surface area contributed by atoms with Crippen molar-refractivity contribution in [3.63, 3.8) is 0 Å². The van der Waals surface area contributed by atoms with Crippen LogP contribution in [0.3, 0.4) is 0 Å². The molecule has 3 heterocycles. The smallest absolute Gasteiger partial charge is 0.255 e. The highest BCUT2D eigenvalue weighted by Gasteiger charge is 2.23. The van der Waals surface area contributed by atoms with Gasteiger partial charge in [0.25, 0.3) is 5.91 Å². The fourth-order valence-electron chi connectivity index (χ4n) is 3.83. The second kappa shape index (κ2) is 9.29. The first-order valence-electron chi connectivity index (χ1n) is 10.6. The molecule has 166 valence electrons. The van der Waals surface area contributed by atoms with Crippen molar-refractivity contribution in [2.45, 2.75) is 23.5 Å². The Kier molecular flexibility index (Phi) is 6.07. The highest BCUT2D eigenvalue weighted by atomic mass is 35.5. The van der Waals surface area contributed by atoms with Crippen LogP contribution in [-0.4, -0.2) is 27.7 Å². The Balaban J connectivity index is 1.20. The molecule has 0 atom stereocenters. The Morgan fingerprint density at radius 1 is 1.12 bits per heavy atom. The van der Waals surface area contributed by atoms with Crippen LogP contribution < -0.4 is 10.2 Å². The minimum absolute atomic E-state index is 0.0767. The largest absolute Gasteiger partial charge is 0.322 e. The predicted octanol–water partition coefficient (Wildman–Crippen LogP) is 5.66. The van der Waals surface area contributed by atoms with Crippen LogP contribution >= 0.6 is 23.4 Å². The van der Waals surface area contributed by atoms with Gasteiger partial charge in [-0.2, -0.15) is 0 Å². The molecule has 4 aromatic rings. The van der Waals surface area contributed by atoms with Crippen molar-refractivity contribution in [1.82, 2.24) is 9.38 Å². The number of rotatable bonds is 6. The lowest BCUT2D eigenvalue weighted by molar-refractivity contribution is -0.117. The van der Waals surface area contributed by atoms with Crippen molar-refractivity contribution in [1.29, 1.82) is 0 Å². The average molecular weight is 477 g/mol. The molecule has 2 aromatic carbocycles. The van der Waals surface area contributed by atoms with Gasteiger partial charge in [0.15, 0.2) is 0 Å². The lowest BCUT2D eigenvalue weighted by atomic mass is 10.2. The van der Waals surface area contributed by atoms with Gasteiger partial charge in [-0.05, 0) is 61.0 Å². The molecule has 1 saturated heterocycles. The third-order valence-electron chi connectivity index (χ3n) is 5.49. The Bertz CT molecular complexity index is 1300. The van der Waals surface area contributed by atoms with Gasteiger partial charge in [0.1, 0.15) is 5.65 Å². The second-order valence-corrected chi connectivity index (χ2v) is 9.24. The molecule has 1 aliphatic heterocycles. The van der Waals surface area contributed by atoms with E-state index in [1.54, 1.807) is 47.0 Å². The Hall–Kier alpha value is -3.29. The van der Waals surface area contributed by atoms with Crippen LogP contribution in [-0.2, 0) is 10.5 Å². The summed E-state index contributed by atoms with van der Waals surface area (Å²) in [6, 6.07) is 18.6. The molecule has 2 aromatic heterocycles. The summed E-state index contributed by atoms with van der Waals surface area (Å²) in [5, 5.41) is 3.32. The molecule has 5 rings (SSSR count). The molecule has 0 bridgehead atoms. The van der Waals surface area contributed by atoms with Crippen LogP contribution in [0.5, 0.6) is 0 Å². The normalized spacial score (nSPS) is 13.6. The van der Waals surface area contributed by atoms with E-state index in [2.05, 4.69) is 10.3 Å². The standard InChI is InChI=1S/C25H21ClN4O2S/c26-21-14-18(8-11-22(21)30-13-3-5-24(30)31)28-25(32)17-6-9-20(10-7-17)33-16-19-15-29-12-2-1-4-23(29)27-19/h1-2,4,6-12,14-15H,3,5,13,16H2,(H,28,32). The number of nitrogens with one attached hydrogen (secondary N) is 1. The molecule has 1 N–H and O–H groups in total. The number of pyridine rings is 1. The molecule has 0 spiro atoms. The maximum absolute atomic E-state index is 12.7. The number of nitrogens with zero attached hydrogens (tertiary/aromatic N) is 3. The first-order valence-corrected chi connectivity index (χ1v) is 12.0. The number of amides is 2. The lowest BCUT2D eigenvalue weighted by Gasteiger charge is -2.18. The van der Waals surface area contributed by atoms with Gasteiger partial charge in [-0.15, -0.1) is 11.8 Å². The molecule has 6 nitrogen and oxygen atoms in total. The van der Waals surface area contributed by atoms with Crippen molar-refractivity contribution in [2.24, 2.45) is 0 Å². The maximum Gasteiger partial charge on any atom is 0.255 e. The van der Waals surface area contributed by atoms with Gasteiger partial charge in [-0.3, -0.25) is 9.59 Å². The van der Waals surface area contributed by atoms with Gasteiger partial charge < -0.3 is 14.6 Å². The van der Waals surface area contributed by atoms with Gasteiger partial charge in [-0.25, -0.2) is 4.98 Å². The summed E-state index contributed by atoms with van der Waals surface area (Å²) in [6.45, 7) is 0.672. The lowest BCUT2D eigenvalue weighted by Crippen LogP contribution is -2.24. The molecule has 0 unspecified atom stereocenters. The van der Waals surface area contributed by atoms with E-state index in [-0.39, 0.29) is 11.8 Å². The van der Waals surface area contributed by atoms with Crippen molar-refractivity contribution in [3.05, 3.63) is 89.3 Å². The van der Waals surface area contributed by atoms with Gasteiger partial charge in [0.2, 0.25) is 5.91 Å². The molecule has 2 amide bonds. The minimum Gasteiger partial charge on any atom is -0.322 e. The summed E-state index contributed by atoms with van der Waals surface area (Å²) in [4.78, 5) is 32.0. The number of carbonyl (C=O) groups excluding carboxylic acids is 2. The molecule has 33 heavy (non-hydrogen) atoms. The van der Waals surface area contributed by atoms with Crippen LogP contribution in [0.4, 0.5) is 11.4 Å². The molecule has 1 aliphatic rings. The van der Waals surface area contributed by atoms with Crippen LogP contribution in [0.25, 0.3) is 5.65 Å². The number of halogens is 1. The summed E-state index contributed by atoms with van der Waals surface area (Å²) in [5.74, 6) is 0.609. The fraction of sp³-hybridized carbons (Fsp3) is 0.160. The molecule has 1 fully saturated rings. The highest BCUT2D eigenvalue weighted by Crippen LogP contribution is 2.32. The van der Waals surface area contributed by atoms with Gasteiger partial charge in [0, 0.05) is 47.3 Å². The molecule has 8 heteroatoms. The zero-order chi connectivity index (χ0) is 22.8. The summed E-state index contributed by atoms with van der Waals surface area (Å²) in [6.07, 6.45) is 5.39. The summed E-state index contributed by atoms with van der Waals surface area (Å²) in [7, 11) is 0. The van der Waals surface area contributed by atoms with E-state index in [9.17, 15) is 9.59 Å². The van der Waals surface area contributed by atoms with Crippen LogP contribution in [0, 0.1) is 0 Å². The number of imidazole rings is 1. The SMILES string of the molecule is O=C(Nc1ccc(N2CCCC2=O)c(Cl)c1)c1ccc(SCc2cn3ccccc3n2)cc1. The zero-order valence-corrected chi connectivity index (χ0v) is 19.3. The quantitative estimate of drug-likeness (QED) is 0.365. The number of hydrogen-bond acceptors (Lipinski definition) is 4. The van der Waals surface area contributed by atoms with Crippen LogP contribution in [0.15, 0.2) is 78.0 Å². The number of thioether (sulfide) groups is 1. The van der Waals surface area contributed by atoms with E-state index >= 15 is 0 Å². The van der Waals surface area contributed by atoms with Crippen LogP contribution in [0.1, 0.15) is 28.9 Å². The summed E-state index contributed by atoms with van der Waals surface area (Å²) >= 11 is 8.05. The minimum atomic E-state index is -0.215. The molecule has 0 aliphatic carbocycles. The second-order valence-electron chi connectivity index (χ2n) is 7.78. The van der Waals surface area contributed by atoms with E-state index in [4.69, 9.17) is 11.6 Å². The average Bonchev–Trinajstić information content (AvgIpc) is 3.44. The van der Waals surface area contributed by atoms with Crippen molar-refractivity contribution in [3.8, 4) is 0 Å². The number of anilines is 2. The predicted molar refractivity (Wildman–Crippen MR) is 132 cm³/mol. The number of carbonyl (C=O) groups is 2. The number of aromatic nitrogens is 2. The van der Waals surface area contributed by atoms with Crippen LogP contribution in [0.2, 0.25) is 5.02 Å². The number of hydrogen-bond donors (Lipinski definition) is 1. The Labute approximate surface area is 200 Å². The molecular weight excluding hydrogens is 456 g/mol. The monoisotopic (exact) mass is 476 g/mol. The van der Waals surface area contributed by atoms with E-state index in [0.717, 1.165) is 28.4 Å². The first kappa shape index (κ1) is 21.6. The third kappa shape index (κ3) is 4.74. The molecular formula is C25H21ClN4O2S. The van der Waals surface area contributed by atoms with Gasteiger partial charge in [-0.1, -0.05) is 17.7 Å². The van der Waals surface area contributed by atoms with E-state index in [0.29, 0.717) is 34.9 Å². The van der Waals surface area contributed by atoms with Gasteiger partial charge >= 0.3 is 0 Å².